The molecule has 1 aromatic rings. The summed E-state index contributed by atoms with van der Waals surface area (Å²) in [5.41, 5.74) is 2.37. The van der Waals surface area contributed by atoms with Gasteiger partial charge in [0.15, 0.2) is 0 Å². The molecule has 0 spiro atoms. The van der Waals surface area contributed by atoms with Gasteiger partial charge in [0.25, 0.3) is 0 Å². The van der Waals surface area contributed by atoms with Crippen molar-refractivity contribution >= 4 is 23.2 Å². The smallest absolute Gasteiger partial charge is 0.0582 e. The van der Waals surface area contributed by atoms with Crippen LogP contribution in [-0.2, 0) is 6.42 Å². The Kier molecular flexibility index (Phi) is 3.75. The molecule has 0 amide bonds. The summed E-state index contributed by atoms with van der Waals surface area (Å²) in [5, 5.41) is 13.8. The zero-order chi connectivity index (χ0) is 11.7. The Morgan fingerprint density at radius 3 is 2.94 bits per heavy atom. The number of rotatable bonds is 3. The summed E-state index contributed by atoms with van der Waals surface area (Å²) in [4.78, 5) is 0. The normalized spacial score (nSPS) is 20.9. The molecule has 0 radical (unpaired) electrons. The molecular weight excluding hydrogens is 245 g/mol. The zero-order valence-electron chi connectivity index (χ0n) is 9.13. The topological polar surface area (TPSA) is 32.3 Å². The fourth-order valence-corrected chi connectivity index (χ4v) is 2.91. The molecule has 0 bridgehead atoms. The van der Waals surface area contributed by atoms with Crippen molar-refractivity contribution < 1.29 is 5.11 Å². The lowest BCUT2D eigenvalue weighted by atomic mass is 10.1. The van der Waals surface area contributed by atoms with Crippen molar-refractivity contribution in [3.63, 3.8) is 0 Å². The van der Waals surface area contributed by atoms with Crippen LogP contribution in [0.4, 0.5) is 0 Å². The summed E-state index contributed by atoms with van der Waals surface area (Å²) in [6, 6.07) is 4.09. The molecule has 0 aliphatic heterocycles. The van der Waals surface area contributed by atoms with Crippen molar-refractivity contribution in [3.05, 3.63) is 33.3 Å². The molecule has 1 aliphatic carbocycles. The third kappa shape index (κ3) is 2.35. The number of aryl methyl sites for hydroxylation is 1. The van der Waals surface area contributed by atoms with E-state index in [4.69, 9.17) is 28.3 Å². The van der Waals surface area contributed by atoms with Crippen molar-refractivity contribution in [1.29, 1.82) is 0 Å². The maximum atomic E-state index is 9.04. The first-order valence-corrected chi connectivity index (χ1v) is 6.22. The van der Waals surface area contributed by atoms with Crippen LogP contribution in [0.2, 0.25) is 10.0 Å². The molecule has 0 saturated heterocycles. The minimum atomic E-state index is 0.0858. The molecule has 2 rings (SSSR count). The van der Waals surface area contributed by atoms with Crippen molar-refractivity contribution in [1.82, 2.24) is 5.32 Å². The molecule has 88 valence electrons. The highest BCUT2D eigenvalue weighted by Crippen LogP contribution is 2.38. The number of nitrogens with one attached hydrogen (secondary N) is 1. The second-order valence-electron chi connectivity index (χ2n) is 4.30. The van der Waals surface area contributed by atoms with E-state index < -0.39 is 0 Å². The minimum Gasteiger partial charge on any atom is -0.395 e. The van der Waals surface area contributed by atoms with Crippen LogP contribution in [0, 0.1) is 0 Å². The van der Waals surface area contributed by atoms with E-state index in [0.717, 1.165) is 23.4 Å². The van der Waals surface area contributed by atoms with Gasteiger partial charge in [-0.1, -0.05) is 23.2 Å². The average Bonchev–Trinajstić information content (AvgIpc) is 2.61. The average molecular weight is 260 g/mol. The molecule has 0 heterocycles. The molecule has 2 N–H and O–H groups in total. The van der Waals surface area contributed by atoms with Gasteiger partial charge in [-0.15, -0.1) is 0 Å². The molecule has 16 heavy (non-hydrogen) atoms. The highest BCUT2D eigenvalue weighted by molar-refractivity contribution is 6.35. The van der Waals surface area contributed by atoms with Crippen LogP contribution < -0.4 is 5.32 Å². The fraction of sp³-hybridized carbons (Fsp3) is 0.500. The number of aliphatic hydroxyl groups excluding tert-OH is 1. The lowest BCUT2D eigenvalue weighted by Crippen LogP contribution is -2.32. The Morgan fingerprint density at radius 2 is 2.25 bits per heavy atom. The third-order valence-electron chi connectivity index (χ3n) is 2.99. The third-order valence-corrected chi connectivity index (χ3v) is 3.52. The Labute approximate surface area is 106 Å². The fourth-order valence-electron chi connectivity index (χ4n) is 2.24. The maximum absolute atomic E-state index is 9.04. The van der Waals surface area contributed by atoms with E-state index in [2.05, 4.69) is 5.32 Å². The maximum Gasteiger partial charge on any atom is 0.0582 e. The lowest BCUT2D eigenvalue weighted by Gasteiger charge is -2.19. The van der Waals surface area contributed by atoms with E-state index in [-0.39, 0.29) is 18.7 Å². The van der Waals surface area contributed by atoms with Crippen LogP contribution in [0.25, 0.3) is 0 Å². The first-order valence-electron chi connectivity index (χ1n) is 5.46. The molecule has 2 unspecified atom stereocenters. The molecule has 1 aromatic carbocycles. The van der Waals surface area contributed by atoms with E-state index in [1.165, 1.54) is 5.56 Å². The van der Waals surface area contributed by atoms with Crippen molar-refractivity contribution in [2.45, 2.75) is 31.8 Å². The standard InChI is InChI=1S/C12H15Cl2NO/c1-7(6-16)15-11-3-2-8-4-9(13)5-10(14)12(8)11/h4-5,7,11,15-16H,2-3,6H2,1H3. The summed E-state index contributed by atoms with van der Waals surface area (Å²) in [6.45, 7) is 2.10. The van der Waals surface area contributed by atoms with Gasteiger partial charge in [0.05, 0.1) is 6.61 Å². The Bertz CT molecular complexity index is 395. The number of hydrogen-bond donors (Lipinski definition) is 2. The van der Waals surface area contributed by atoms with E-state index in [1.54, 1.807) is 6.07 Å². The summed E-state index contributed by atoms with van der Waals surface area (Å²) in [6.07, 6.45) is 2.01. The summed E-state index contributed by atoms with van der Waals surface area (Å²) in [5.74, 6) is 0. The van der Waals surface area contributed by atoms with Gasteiger partial charge >= 0.3 is 0 Å². The number of hydrogen-bond acceptors (Lipinski definition) is 2. The molecular formula is C12H15Cl2NO. The Balaban J connectivity index is 2.25. The SMILES string of the molecule is CC(CO)NC1CCc2cc(Cl)cc(Cl)c21. The number of benzene rings is 1. The van der Waals surface area contributed by atoms with Gasteiger partial charge in [-0.25, -0.2) is 0 Å². The molecule has 0 fully saturated rings. The van der Waals surface area contributed by atoms with Gasteiger partial charge < -0.3 is 10.4 Å². The van der Waals surface area contributed by atoms with Crippen molar-refractivity contribution in [2.24, 2.45) is 0 Å². The first-order chi connectivity index (χ1) is 7.61. The van der Waals surface area contributed by atoms with Gasteiger partial charge in [0.1, 0.15) is 0 Å². The predicted molar refractivity (Wildman–Crippen MR) is 67.2 cm³/mol. The van der Waals surface area contributed by atoms with Gasteiger partial charge in [0.2, 0.25) is 0 Å². The van der Waals surface area contributed by atoms with Gasteiger partial charge in [-0.3, -0.25) is 0 Å². The van der Waals surface area contributed by atoms with Crippen LogP contribution in [0.15, 0.2) is 12.1 Å². The Morgan fingerprint density at radius 1 is 1.50 bits per heavy atom. The van der Waals surface area contributed by atoms with E-state index in [9.17, 15) is 0 Å². The van der Waals surface area contributed by atoms with E-state index >= 15 is 0 Å². The summed E-state index contributed by atoms with van der Waals surface area (Å²) in [7, 11) is 0. The summed E-state index contributed by atoms with van der Waals surface area (Å²) >= 11 is 12.2. The molecule has 2 atom stereocenters. The Hall–Kier alpha value is -0.280. The van der Waals surface area contributed by atoms with Crippen LogP contribution in [0.1, 0.15) is 30.5 Å². The van der Waals surface area contributed by atoms with Crippen LogP contribution in [0.3, 0.4) is 0 Å². The number of fused-ring (bicyclic) bond motifs is 1. The molecule has 0 aromatic heterocycles. The van der Waals surface area contributed by atoms with E-state index in [1.807, 2.05) is 13.0 Å². The number of halogens is 2. The highest BCUT2D eigenvalue weighted by Gasteiger charge is 2.26. The van der Waals surface area contributed by atoms with Crippen LogP contribution in [0.5, 0.6) is 0 Å². The second-order valence-corrected chi connectivity index (χ2v) is 5.15. The predicted octanol–water partition coefficient (Wildman–Crippen LogP) is 2.95. The van der Waals surface area contributed by atoms with Crippen molar-refractivity contribution in [2.75, 3.05) is 6.61 Å². The molecule has 2 nitrogen and oxygen atoms in total. The molecule has 1 aliphatic rings. The van der Waals surface area contributed by atoms with Gasteiger partial charge in [-0.2, -0.15) is 0 Å². The zero-order valence-corrected chi connectivity index (χ0v) is 10.6. The monoisotopic (exact) mass is 259 g/mol. The molecule has 4 heteroatoms. The largest absolute Gasteiger partial charge is 0.395 e. The quantitative estimate of drug-likeness (QED) is 0.875. The first kappa shape index (κ1) is 12.2. The lowest BCUT2D eigenvalue weighted by molar-refractivity contribution is 0.240. The van der Waals surface area contributed by atoms with Gasteiger partial charge in [0, 0.05) is 22.1 Å². The van der Waals surface area contributed by atoms with E-state index in [0.29, 0.717) is 5.02 Å². The highest BCUT2D eigenvalue weighted by atomic mass is 35.5. The molecule has 0 saturated carbocycles. The van der Waals surface area contributed by atoms with Gasteiger partial charge in [-0.05, 0) is 43.0 Å². The number of aliphatic hydroxyl groups is 1. The van der Waals surface area contributed by atoms with Crippen LogP contribution >= 0.6 is 23.2 Å². The summed E-state index contributed by atoms with van der Waals surface area (Å²) < 4.78 is 0. The second kappa shape index (κ2) is 4.92. The van der Waals surface area contributed by atoms with Crippen LogP contribution in [-0.4, -0.2) is 17.8 Å². The van der Waals surface area contributed by atoms with Crippen molar-refractivity contribution in [3.8, 4) is 0 Å². The minimum absolute atomic E-state index is 0.0858.